The Hall–Kier alpha value is -0.130. The molecule has 1 rings (SSSR count). The SMILES string of the molecule is CCNCC(C)S(=O)(=O)N1CCC(C(C)(C)C)CC1. The number of piperidine rings is 1. The molecule has 1 N–H and O–H groups in total. The lowest BCUT2D eigenvalue weighted by molar-refractivity contribution is 0.153. The van der Waals surface area contributed by atoms with E-state index in [4.69, 9.17) is 0 Å². The molecule has 1 heterocycles. The quantitative estimate of drug-likeness (QED) is 0.843. The standard InChI is InChI=1S/C14H30N2O2S/c1-6-15-11-12(2)19(17,18)16-9-7-13(8-10-16)14(3,4)5/h12-13,15H,6-11H2,1-5H3. The number of hydrogen-bond donors (Lipinski definition) is 1. The number of hydrogen-bond acceptors (Lipinski definition) is 3. The second-order valence-corrected chi connectivity index (χ2v) is 9.05. The molecule has 1 saturated heterocycles. The first-order chi connectivity index (χ1) is 8.69. The third-order valence-electron chi connectivity index (χ3n) is 4.23. The summed E-state index contributed by atoms with van der Waals surface area (Å²) in [6.07, 6.45) is 1.97. The zero-order valence-corrected chi connectivity index (χ0v) is 13.9. The average Bonchev–Trinajstić information content (AvgIpc) is 2.35. The van der Waals surface area contributed by atoms with Gasteiger partial charge in [-0.15, -0.1) is 0 Å². The molecule has 1 aliphatic heterocycles. The van der Waals surface area contributed by atoms with E-state index >= 15 is 0 Å². The van der Waals surface area contributed by atoms with Crippen molar-refractivity contribution in [3.63, 3.8) is 0 Å². The van der Waals surface area contributed by atoms with Crippen molar-refractivity contribution in [2.75, 3.05) is 26.2 Å². The van der Waals surface area contributed by atoms with Crippen LogP contribution in [0.15, 0.2) is 0 Å². The lowest BCUT2D eigenvalue weighted by Gasteiger charge is -2.39. The third kappa shape index (κ3) is 4.43. The van der Waals surface area contributed by atoms with Crippen molar-refractivity contribution in [3.8, 4) is 0 Å². The highest BCUT2D eigenvalue weighted by molar-refractivity contribution is 7.89. The van der Waals surface area contributed by atoms with Crippen molar-refractivity contribution in [2.45, 2.75) is 52.7 Å². The van der Waals surface area contributed by atoms with Gasteiger partial charge in [0, 0.05) is 19.6 Å². The van der Waals surface area contributed by atoms with Crippen LogP contribution in [-0.2, 0) is 10.0 Å². The number of sulfonamides is 1. The first-order valence-electron chi connectivity index (χ1n) is 7.39. The molecule has 0 aromatic rings. The van der Waals surface area contributed by atoms with Crippen LogP contribution in [0.3, 0.4) is 0 Å². The van der Waals surface area contributed by atoms with E-state index in [1.54, 1.807) is 11.2 Å². The molecule has 114 valence electrons. The second kappa shape index (κ2) is 6.55. The molecule has 1 atom stereocenters. The fourth-order valence-electron chi connectivity index (χ4n) is 2.68. The maximum absolute atomic E-state index is 12.4. The van der Waals surface area contributed by atoms with Gasteiger partial charge >= 0.3 is 0 Å². The molecule has 0 spiro atoms. The summed E-state index contributed by atoms with van der Waals surface area (Å²) in [5.41, 5.74) is 0.283. The number of nitrogens with one attached hydrogen (secondary N) is 1. The van der Waals surface area contributed by atoms with Crippen molar-refractivity contribution in [2.24, 2.45) is 11.3 Å². The van der Waals surface area contributed by atoms with E-state index in [0.29, 0.717) is 25.6 Å². The molecule has 0 saturated carbocycles. The molecule has 0 aliphatic carbocycles. The first-order valence-corrected chi connectivity index (χ1v) is 8.89. The number of nitrogens with zero attached hydrogens (tertiary/aromatic N) is 1. The van der Waals surface area contributed by atoms with Gasteiger partial charge in [0.15, 0.2) is 0 Å². The van der Waals surface area contributed by atoms with E-state index < -0.39 is 10.0 Å². The minimum Gasteiger partial charge on any atom is -0.316 e. The minimum atomic E-state index is -3.13. The molecule has 5 heteroatoms. The van der Waals surface area contributed by atoms with E-state index in [1.165, 1.54) is 0 Å². The van der Waals surface area contributed by atoms with Crippen LogP contribution in [0.2, 0.25) is 0 Å². The monoisotopic (exact) mass is 290 g/mol. The van der Waals surface area contributed by atoms with Crippen LogP contribution < -0.4 is 5.32 Å². The van der Waals surface area contributed by atoms with Gasteiger partial charge in [0.25, 0.3) is 0 Å². The molecule has 0 bridgehead atoms. The lowest BCUT2D eigenvalue weighted by atomic mass is 9.76. The summed E-state index contributed by atoms with van der Waals surface area (Å²) in [4.78, 5) is 0. The molecular weight excluding hydrogens is 260 g/mol. The summed E-state index contributed by atoms with van der Waals surface area (Å²) < 4.78 is 26.6. The molecular formula is C14H30N2O2S. The highest BCUT2D eigenvalue weighted by Gasteiger charge is 2.35. The Morgan fingerprint density at radius 1 is 1.26 bits per heavy atom. The second-order valence-electron chi connectivity index (χ2n) is 6.70. The van der Waals surface area contributed by atoms with Gasteiger partial charge in [0.2, 0.25) is 10.0 Å². The topological polar surface area (TPSA) is 49.4 Å². The van der Waals surface area contributed by atoms with Gasteiger partial charge in [-0.1, -0.05) is 27.7 Å². The first kappa shape index (κ1) is 16.9. The molecule has 0 aromatic heterocycles. The summed E-state index contributed by atoms with van der Waals surface area (Å²) in [6, 6.07) is 0. The largest absolute Gasteiger partial charge is 0.316 e. The zero-order valence-electron chi connectivity index (χ0n) is 13.1. The van der Waals surface area contributed by atoms with Crippen molar-refractivity contribution in [1.29, 1.82) is 0 Å². The van der Waals surface area contributed by atoms with Crippen molar-refractivity contribution < 1.29 is 8.42 Å². The van der Waals surface area contributed by atoms with Crippen molar-refractivity contribution >= 4 is 10.0 Å². The van der Waals surface area contributed by atoms with E-state index in [2.05, 4.69) is 26.1 Å². The van der Waals surface area contributed by atoms with E-state index in [-0.39, 0.29) is 10.7 Å². The normalized spacial score (nSPS) is 21.5. The smallest absolute Gasteiger partial charge is 0.217 e. The summed E-state index contributed by atoms with van der Waals surface area (Å²) in [7, 11) is -3.13. The van der Waals surface area contributed by atoms with Crippen molar-refractivity contribution in [1.82, 2.24) is 9.62 Å². The van der Waals surface area contributed by atoms with Gasteiger partial charge in [-0.25, -0.2) is 12.7 Å². The third-order valence-corrected chi connectivity index (χ3v) is 6.50. The Bertz CT molecular complexity index is 365. The summed E-state index contributed by atoms with van der Waals surface area (Å²) in [6.45, 7) is 13.2. The van der Waals surface area contributed by atoms with Crippen LogP contribution in [0, 0.1) is 11.3 Å². The molecule has 0 aromatic carbocycles. The maximum atomic E-state index is 12.4. The summed E-state index contributed by atoms with van der Waals surface area (Å²) in [5, 5.41) is 2.79. The van der Waals surface area contributed by atoms with Crippen LogP contribution in [0.5, 0.6) is 0 Å². The van der Waals surface area contributed by atoms with Gasteiger partial charge < -0.3 is 5.32 Å². The fraction of sp³-hybridized carbons (Fsp3) is 1.00. The average molecular weight is 290 g/mol. The van der Waals surface area contributed by atoms with E-state index in [1.807, 2.05) is 6.92 Å². The molecule has 1 aliphatic rings. The molecule has 0 radical (unpaired) electrons. The Morgan fingerprint density at radius 2 is 1.79 bits per heavy atom. The minimum absolute atomic E-state index is 0.283. The molecule has 19 heavy (non-hydrogen) atoms. The van der Waals surface area contributed by atoms with Crippen LogP contribution in [0.1, 0.15) is 47.5 Å². The van der Waals surface area contributed by atoms with Crippen LogP contribution in [-0.4, -0.2) is 44.2 Å². The molecule has 1 fully saturated rings. The molecule has 4 nitrogen and oxygen atoms in total. The summed E-state index contributed by atoms with van der Waals surface area (Å²) >= 11 is 0. The predicted octanol–water partition coefficient (Wildman–Crippen LogP) is 2.07. The zero-order chi connectivity index (χ0) is 14.7. The van der Waals surface area contributed by atoms with Crippen LogP contribution in [0.25, 0.3) is 0 Å². The molecule has 1 unspecified atom stereocenters. The van der Waals surface area contributed by atoms with Crippen LogP contribution >= 0.6 is 0 Å². The fourth-order valence-corrected chi connectivity index (χ4v) is 4.24. The van der Waals surface area contributed by atoms with Gasteiger partial charge in [-0.3, -0.25) is 0 Å². The highest BCUT2D eigenvalue weighted by Crippen LogP contribution is 2.35. The van der Waals surface area contributed by atoms with Crippen molar-refractivity contribution in [3.05, 3.63) is 0 Å². The lowest BCUT2D eigenvalue weighted by Crippen LogP contribution is -2.46. The van der Waals surface area contributed by atoms with Gasteiger partial charge in [0.05, 0.1) is 5.25 Å². The van der Waals surface area contributed by atoms with E-state index in [9.17, 15) is 8.42 Å². The van der Waals surface area contributed by atoms with Crippen LogP contribution in [0.4, 0.5) is 0 Å². The Morgan fingerprint density at radius 3 is 2.21 bits per heavy atom. The Balaban J connectivity index is 2.59. The maximum Gasteiger partial charge on any atom is 0.217 e. The Kier molecular flexibility index (Phi) is 5.83. The van der Waals surface area contributed by atoms with Gasteiger partial charge in [0.1, 0.15) is 0 Å². The van der Waals surface area contributed by atoms with Gasteiger partial charge in [-0.05, 0) is 37.6 Å². The highest BCUT2D eigenvalue weighted by atomic mass is 32.2. The van der Waals surface area contributed by atoms with E-state index in [0.717, 1.165) is 19.4 Å². The molecule has 0 amide bonds. The van der Waals surface area contributed by atoms with Gasteiger partial charge in [-0.2, -0.15) is 0 Å². The predicted molar refractivity (Wildman–Crippen MR) is 80.7 cm³/mol. The number of rotatable bonds is 5. The summed E-state index contributed by atoms with van der Waals surface area (Å²) in [5.74, 6) is 0.628. The Labute approximate surface area is 119 Å².